The zero-order valence-corrected chi connectivity index (χ0v) is 15.6. The van der Waals surface area contributed by atoms with Gasteiger partial charge in [-0.1, -0.05) is 6.92 Å². The third kappa shape index (κ3) is 3.67. The van der Waals surface area contributed by atoms with Gasteiger partial charge in [-0.2, -0.15) is 0 Å². The van der Waals surface area contributed by atoms with Gasteiger partial charge < -0.3 is 15.5 Å². The molecule has 1 amide bonds. The number of anilines is 1. The molecule has 26 heavy (non-hydrogen) atoms. The summed E-state index contributed by atoms with van der Waals surface area (Å²) in [4.78, 5) is 28.0. The highest BCUT2D eigenvalue weighted by atomic mass is 16.6. The molecule has 2 heterocycles. The summed E-state index contributed by atoms with van der Waals surface area (Å²) in [5.74, 6) is 0.812. The van der Waals surface area contributed by atoms with Crippen molar-refractivity contribution in [2.75, 3.05) is 31.1 Å². The highest BCUT2D eigenvalue weighted by Crippen LogP contribution is 2.33. The Kier molecular flexibility index (Phi) is 5.46. The molecule has 3 rings (SSSR count). The summed E-state index contributed by atoms with van der Waals surface area (Å²) in [6.07, 6.45) is 2.95. The molecule has 2 aliphatic heterocycles. The first-order chi connectivity index (χ1) is 12.4. The molecule has 2 saturated heterocycles. The number of amides is 1. The minimum atomic E-state index is -0.375. The van der Waals surface area contributed by atoms with Gasteiger partial charge in [0.1, 0.15) is 5.69 Å². The Labute approximate surface area is 154 Å². The summed E-state index contributed by atoms with van der Waals surface area (Å²) in [5.41, 5.74) is 6.76. The smallest absolute Gasteiger partial charge is 0.293 e. The third-order valence-electron chi connectivity index (χ3n) is 5.80. The standard InChI is InChI=1S/C19H28N4O3/c1-13-5-7-21(8-6-13)17-4-3-16(10-18(17)23(25)26)19(24)22-12-15(11-20)9-14(22)2/h3-4,10,13-15H,5-9,11-12,20H2,1-2H3. The highest BCUT2D eigenvalue weighted by molar-refractivity contribution is 5.96. The van der Waals surface area contributed by atoms with Crippen LogP contribution < -0.4 is 10.6 Å². The number of hydrogen-bond acceptors (Lipinski definition) is 5. The van der Waals surface area contributed by atoms with E-state index in [4.69, 9.17) is 5.73 Å². The Morgan fingerprint density at radius 1 is 1.31 bits per heavy atom. The van der Waals surface area contributed by atoms with Gasteiger partial charge in [0, 0.05) is 37.3 Å². The number of carbonyl (C=O) groups is 1. The maximum atomic E-state index is 12.9. The van der Waals surface area contributed by atoms with E-state index in [1.807, 2.05) is 6.92 Å². The minimum Gasteiger partial charge on any atom is -0.366 e. The molecule has 2 N–H and O–H groups in total. The summed E-state index contributed by atoms with van der Waals surface area (Å²) in [6, 6.07) is 5.02. The van der Waals surface area contributed by atoms with Crippen LogP contribution in [0.2, 0.25) is 0 Å². The monoisotopic (exact) mass is 360 g/mol. The molecule has 142 valence electrons. The average molecular weight is 360 g/mol. The van der Waals surface area contributed by atoms with E-state index < -0.39 is 0 Å². The van der Waals surface area contributed by atoms with Crippen LogP contribution in [0.5, 0.6) is 0 Å². The van der Waals surface area contributed by atoms with Crippen molar-refractivity contribution >= 4 is 17.3 Å². The van der Waals surface area contributed by atoms with Crippen LogP contribution in [0.25, 0.3) is 0 Å². The summed E-state index contributed by atoms with van der Waals surface area (Å²) >= 11 is 0. The number of nitro groups is 1. The van der Waals surface area contributed by atoms with E-state index in [2.05, 4.69) is 11.8 Å². The number of piperidine rings is 1. The van der Waals surface area contributed by atoms with E-state index in [1.54, 1.807) is 17.0 Å². The molecule has 2 atom stereocenters. The molecular formula is C19H28N4O3. The SMILES string of the molecule is CC1CCN(c2ccc(C(=O)N3CC(CN)CC3C)cc2[N+](=O)[O-])CC1. The van der Waals surface area contributed by atoms with Crippen molar-refractivity contribution in [3.05, 3.63) is 33.9 Å². The predicted octanol–water partition coefficient (Wildman–Crippen LogP) is 2.64. The second kappa shape index (κ2) is 7.61. The van der Waals surface area contributed by atoms with E-state index in [1.165, 1.54) is 6.07 Å². The first-order valence-electron chi connectivity index (χ1n) is 9.45. The van der Waals surface area contributed by atoms with E-state index in [0.717, 1.165) is 32.4 Å². The van der Waals surface area contributed by atoms with Crippen LogP contribution in [0.15, 0.2) is 18.2 Å². The number of rotatable bonds is 4. The molecule has 2 unspecified atom stereocenters. The van der Waals surface area contributed by atoms with Crippen LogP contribution in [0.3, 0.4) is 0 Å². The molecule has 0 aliphatic carbocycles. The van der Waals surface area contributed by atoms with Crippen LogP contribution in [0, 0.1) is 22.0 Å². The first kappa shape index (κ1) is 18.6. The molecular weight excluding hydrogens is 332 g/mol. The summed E-state index contributed by atoms with van der Waals surface area (Å²) in [5, 5.41) is 11.6. The van der Waals surface area contributed by atoms with Crippen molar-refractivity contribution in [1.29, 1.82) is 0 Å². The van der Waals surface area contributed by atoms with Crippen molar-refractivity contribution in [2.45, 2.75) is 39.2 Å². The van der Waals surface area contributed by atoms with Crippen LogP contribution in [-0.4, -0.2) is 48.0 Å². The first-order valence-corrected chi connectivity index (χ1v) is 9.45. The second-order valence-corrected chi connectivity index (χ2v) is 7.77. The maximum Gasteiger partial charge on any atom is 0.293 e. The summed E-state index contributed by atoms with van der Waals surface area (Å²) in [7, 11) is 0. The van der Waals surface area contributed by atoms with E-state index in [9.17, 15) is 14.9 Å². The molecule has 2 aliphatic rings. The fraction of sp³-hybridized carbons (Fsp3) is 0.632. The Hall–Kier alpha value is -2.15. The number of nitrogens with two attached hydrogens (primary N) is 1. The van der Waals surface area contributed by atoms with Gasteiger partial charge in [0.05, 0.1) is 4.92 Å². The molecule has 7 heteroatoms. The topological polar surface area (TPSA) is 92.7 Å². The van der Waals surface area contributed by atoms with Crippen molar-refractivity contribution in [1.82, 2.24) is 4.90 Å². The van der Waals surface area contributed by atoms with Crippen molar-refractivity contribution < 1.29 is 9.72 Å². The van der Waals surface area contributed by atoms with Crippen LogP contribution in [0.4, 0.5) is 11.4 Å². The molecule has 0 spiro atoms. The fourth-order valence-corrected chi connectivity index (χ4v) is 4.08. The quantitative estimate of drug-likeness (QED) is 0.658. The lowest BCUT2D eigenvalue weighted by molar-refractivity contribution is -0.384. The Morgan fingerprint density at radius 3 is 2.58 bits per heavy atom. The second-order valence-electron chi connectivity index (χ2n) is 7.77. The van der Waals surface area contributed by atoms with E-state index in [0.29, 0.717) is 36.2 Å². The van der Waals surface area contributed by atoms with Crippen molar-refractivity contribution in [2.24, 2.45) is 17.6 Å². The Balaban J connectivity index is 1.84. The summed E-state index contributed by atoms with van der Waals surface area (Å²) in [6.45, 7) is 7.02. The Morgan fingerprint density at radius 2 is 2.00 bits per heavy atom. The Bertz CT molecular complexity index is 685. The van der Waals surface area contributed by atoms with Crippen LogP contribution in [0.1, 0.15) is 43.5 Å². The molecule has 1 aromatic carbocycles. The normalized spacial score (nSPS) is 24.1. The van der Waals surface area contributed by atoms with Crippen molar-refractivity contribution in [3.63, 3.8) is 0 Å². The zero-order chi connectivity index (χ0) is 18.8. The van der Waals surface area contributed by atoms with E-state index >= 15 is 0 Å². The fourth-order valence-electron chi connectivity index (χ4n) is 4.08. The minimum absolute atomic E-state index is 0.0210. The van der Waals surface area contributed by atoms with E-state index in [-0.39, 0.29) is 22.6 Å². The van der Waals surface area contributed by atoms with Gasteiger partial charge in [-0.15, -0.1) is 0 Å². The molecule has 0 saturated carbocycles. The molecule has 0 aromatic heterocycles. The number of likely N-dealkylation sites (tertiary alicyclic amines) is 1. The number of benzene rings is 1. The van der Waals surface area contributed by atoms with Crippen molar-refractivity contribution in [3.8, 4) is 0 Å². The molecule has 0 radical (unpaired) electrons. The van der Waals surface area contributed by atoms with Crippen LogP contribution in [-0.2, 0) is 0 Å². The van der Waals surface area contributed by atoms with Gasteiger partial charge >= 0.3 is 0 Å². The predicted molar refractivity (Wildman–Crippen MR) is 101 cm³/mol. The summed E-state index contributed by atoms with van der Waals surface area (Å²) < 4.78 is 0. The number of hydrogen-bond donors (Lipinski definition) is 1. The number of nitro benzene ring substituents is 1. The van der Waals surface area contributed by atoms with Gasteiger partial charge in [0.2, 0.25) is 0 Å². The van der Waals surface area contributed by atoms with Gasteiger partial charge in [-0.3, -0.25) is 14.9 Å². The lowest BCUT2D eigenvalue weighted by Crippen LogP contribution is -2.35. The average Bonchev–Trinajstić information content (AvgIpc) is 3.02. The van der Waals surface area contributed by atoms with Gasteiger partial charge in [0.25, 0.3) is 11.6 Å². The van der Waals surface area contributed by atoms with Crippen LogP contribution >= 0.6 is 0 Å². The lowest BCUT2D eigenvalue weighted by Gasteiger charge is -2.32. The zero-order valence-electron chi connectivity index (χ0n) is 15.6. The largest absolute Gasteiger partial charge is 0.366 e. The molecule has 0 bridgehead atoms. The number of nitrogens with zero attached hydrogens (tertiary/aromatic N) is 3. The lowest BCUT2D eigenvalue weighted by atomic mass is 9.98. The highest BCUT2D eigenvalue weighted by Gasteiger charge is 2.33. The van der Waals surface area contributed by atoms with Gasteiger partial charge in [-0.05, 0) is 56.7 Å². The molecule has 7 nitrogen and oxygen atoms in total. The van der Waals surface area contributed by atoms with Gasteiger partial charge in [0.15, 0.2) is 0 Å². The molecule has 1 aromatic rings. The molecule has 2 fully saturated rings. The third-order valence-corrected chi connectivity index (χ3v) is 5.80. The number of carbonyl (C=O) groups excluding carboxylic acids is 1. The maximum absolute atomic E-state index is 12.9. The van der Waals surface area contributed by atoms with Gasteiger partial charge in [-0.25, -0.2) is 0 Å².